The zero-order valence-electron chi connectivity index (χ0n) is 22.8. The summed E-state index contributed by atoms with van der Waals surface area (Å²) in [5, 5.41) is 17.6. The maximum atomic E-state index is 11.0. The summed E-state index contributed by atoms with van der Waals surface area (Å²) < 4.78 is 24.9. The maximum absolute atomic E-state index is 11.0. The van der Waals surface area contributed by atoms with E-state index >= 15 is 0 Å². The molecule has 3 heterocycles. The highest BCUT2D eigenvalue weighted by Gasteiger charge is 2.34. The number of nitrogens with one attached hydrogen (secondary N) is 1. The molecule has 1 saturated heterocycles. The van der Waals surface area contributed by atoms with Crippen LogP contribution in [0.15, 0.2) is 72.1 Å². The first-order chi connectivity index (χ1) is 19.7. The van der Waals surface area contributed by atoms with Crippen LogP contribution in [0.5, 0.6) is 17.2 Å². The third-order valence-corrected chi connectivity index (χ3v) is 8.55. The molecule has 0 amide bonds. The van der Waals surface area contributed by atoms with E-state index in [0.29, 0.717) is 26.3 Å². The highest BCUT2D eigenvalue weighted by molar-refractivity contribution is 7.17. The van der Waals surface area contributed by atoms with Crippen molar-refractivity contribution >= 4 is 27.1 Å². The van der Waals surface area contributed by atoms with E-state index < -0.39 is 6.10 Å². The molecule has 1 fully saturated rings. The fourth-order valence-electron chi connectivity index (χ4n) is 5.61. The van der Waals surface area contributed by atoms with Gasteiger partial charge in [-0.2, -0.15) is 0 Å². The van der Waals surface area contributed by atoms with Gasteiger partial charge in [0, 0.05) is 44.0 Å². The van der Waals surface area contributed by atoms with Gasteiger partial charge in [0.2, 0.25) is 0 Å². The number of piperidine rings is 1. The molecule has 0 unspecified atom stereocenters. The Kier molecular flexibility index (Phi) is 8.51. The number of β-amino-alcohol motifs (C(OH)–C–C–N with tert-alkyl or cyclic N) is 1. The number of thiophene rings is 1. The van der Waals surface area contributed by atoms with Crippen molar-refractivity contribution in [2.24, 2.45) is 0 Å². The molecule has 3 atom stereocenters. The van der Waals surface area contributed by atoms with E-state index in [-0.39, 0.29) is 12.0 Å². The monoisotopic (exact) mass is 560 g/mol. The van der Waals surface area contributed by atoms with Gasteiger partial charge in [0.05, 0.1) is 31.0 Å². The number of fused-ring (bicyclic) bond motifs is 2. The second kappa shape index (κ2) is 12.6. The van der Waals surface area contributed by atoms with Crippen LogP contribution in [0.2, 0.25) is 0 Å². The van der Waals surface area contributed by atoms with Gasteiger partial charge in [-0.25, -0.2) is 0 Å². The fourth-order valence-corrected chi connectivity index (χ4v) is 6.43. The summed E-state index contributed by atoms with van der Waals surface area (Å²) >= 11 is 1.71. The molecule has 8 heteroatoms. The Morgan fingerprint density at radius 1 is 1.02 bits per heavy atom. The van der Waals surface area contributed by atoms with Gasteiger partial charge in [-0.3, -0.25) is 0 Å². The number of nitrogens with zero attached hydrogens (tertiary/aromatic N) is 1. The lowest BCUT2D eigenvalue weighted by Crippen LogP contribution is -2.49. The van der Waals surface area contributed by atoms with Gasteiger partial charge >= 0.3 is 0 Å². The lowest BCUT2D eigenvalue weighted by molar-refractivity contribution is -0.0328. The predicted molar refractivity (Wildman–Crippen MR) is 159 cm³/mol. The molecule has 2 aliphatic rings. The van der Waals surface area contributed by atoms with E-state index in [1.54, 1.807) is 18.4 Å². The summed E-state index contributed by atoms with van der Waals surface area (Å²) in [6, 6.07) is 22.6. The van der Waals surface area contributed by atoms with Gasteiger partial charge in [0.15, 0.2) is 0 Å². The van der Waals surface area contributed by atoms with Crippen molar-refractivity contribution in [1.82, 2.24) is 5.32 Å². The topological polar surface area (TPSA) is 72.4 Å². The molecular formula is C32H36N2O5S. The van der Waals surface area contributed by atoms with Crippen molar-refractivity contribution in [3.63, 3.8) is 0 Å². The van der Waals surface area contributed by atoms with E-state index in [0.717, 1.165) is 60.2 Å². The van der Waals surface area contributed by atoms with Crippen molar-refractivity contribution < 1.29 is 24.1 Å². The number of benzene rings is 3. The smallest absolute Gasteiger partial charge is 0.142 e. The third kappa shape index (κ3) is 6.11. The number of anilines is 1. The first-order valence-corrected chi connectivity index (χ1v) is 14.8. The Balaban J connectivity index is 1.12. The highest BCUT2D eigenvalue weighted by atomic mass is 32.1. The molecule has 7 nitrogen and oxygen atoms in total. The minimum Gasteiger partial charge on any atom is -0.490 e. The van der Waals surface area contributed by atoms with Gasteiger partial charge in [-0.05, 0) is 76.8 Å². The van der Waals surface area contributed by atoms with Crippen molar-refractivity contribution in [1.29, 1.82) is 0 Å². The van der Waals surface area contributed by atoms with Crippen molar-refractivity contribution in [2.75, 3.05) is 51.4 Å². The number of methoxy groups -OCH3 is 1. The zero-order chi connectivity index (χ0) is 27.3. The molecule has 210 valence electrons. The molecule has 2 N–H and O–H groups in total. The summed E-state index contributed by atoms with van der Waals surface area (Å²) in [7, 11) is 1.74. The molecule has 2 aliphatic heterocycles. The van der Waals surface area contributed by atoms with Crippen molar-refractivity contribution in [3.8, 4) is 17.2 Å². The Bertz CT molecular complexity index is 1410. The van der Waals surface area contributed by atoms with Gasteiger partial charge < -0.3 is 34.3 Å². The number of ether oxygens (including phenoxy) is 4. The van der Waals surface area contributed by atoms with E-state index in [1.165, 1.54) is 10.1 Å². The van der Waals surface area contributed by atoms with E-state index in [4.69, 9.17) is 18.9 Å². The molecule has 1 aromatic heterocycles. The Morgan fingerprint density at radius 3 is 2.77 bits per heavy atom. The minimum absolute atomic E-state index is 0.135. The summed E-state index contributed by atoms with van der Waals surface area (Å²) in [6.45, 7) is 4.90. The lowest BCUT2D eigenvalue weighted by Gasteiger charge is -2.36. The first-order valence-electron chi connectivity index (χ1n) is 13.9. The molecule has 0 saturated carbocycles. The Morgan fingerprint density at radius 2 is 1.90 bits per heavy atom. The standard InChI is InChI=1S/C32H36N2O5S/c1-36-14-2-12-34-13-15-37-29-10-3-22(17-27(29)34)21-38-30-20-33-19-28(35)32(30)24-5-7-25(8-6-24)39-26-9-4-23-11-16-40-31(23)18-26/h3-11,16-18,28,30,32-33,35H,2,12-15,19-21H2,1H3/t28-,30+,32+/m1/s1. The number of hydrogen-bond acceptors (Lipinski definition) is 8. The average molecular weight is 561 g/mol. The van der Waals surface area contributed by atoms with Crippen LogP contribution in [0.25, 0.3) is 10.1 Å². The summed E-state index contributed by atoms with van der Waals surface area (Å²) in [4.78, 5) is 2.36. The van der Waals surface area contributed by atoms with Crippen molar-refractivity contribution in [3.05, 3.63) is 83.2 Å². The summed E-state index contributed by atoms with van der Waals surface area (Å²) in [5.41, 5.74) is 3.24. The quantitative estimate of drug-likeness (QED) is 0.246. The molecular weight excluding hydrogens is 524 g/mol. The van der Waals surface area contributed by atoms with Crippen LogP contribution in [-0.2, 0) is 16.1 Å². The first kappa shape index (κ1) is 27.1. The Labute approximate surface area is 239 Å². The second-order valence-electron chi connectivity index (χ2n) is 10.4. The molecule has 4 aromatic rings. The molecule has 0 bridgehead atoms. The molecule has 0 radical (unpaired) electrons. The number of hydrogen-bond donors (Lipinski definition) is 2. The molecule has 3 aromatic carbocycles. The predicted octanol–water partition coefficient (Wildman–Crippen LogP) is 5.56. The van der Waals surface area contributed by atoms with Gasteiger partial charge in [0.1, 0.15) is 23.9 Å². The molecule has 0 aliphatic carbocycles. The van der Waals surface area contributed by atoms with Crippen LogP contribution < -0.4 is 19.7 Å². The van der Waals surface area contributed by atoms with Gasteiger partial charge in [0.25, 0.3) is 0 Å². The minimum atomic E-state index is -0.542. The molecule has 6 rings (SSSR count). The van der Waals surface area contributed by atoms with Gasteiger partial charge in [-0.15, -0.1) is 11.3 Å². The summed E-state index contributed by atoms with van der Waals surface area (Å²) in [5.74, 6) is 2.37. The third-order valence-electron chi connectivity index (χ3n) is 7.67. The number of rotatable bonds is 10. The number of aliphatic hydroxyl groups is 1. The highest BCUT2D eigenvalue weighted by Crippen LogP contribution is 2.35. The van der Waals surface area contributed by atoms with E-state index in [1.807, 2.05) is 36.4 Å². The average Bonchev–Trinajstić information content (AvgIpc) is 3.45. The summed E-state index contributed by atoms with van der Waals surface area (Å²) in [6.07, 6.45) is 0.263. The molecule has 40 heavy (non-hydrogen) atoms. The van der Waals surface area contributed by atoms with E-state index in [2.05, 4.69) is 45.9 Å². The zero-order valence-corrected chi connectivity index (χ0v) is 23.6. The van der Waals surface area contributed by atoms with Crippen LogP contribution in [0.3, 0.4) is 0 Å². The van der Waals surface area contributed by atoms with Crippen LogP contribution in [-0.4, -0.2) is 63.8 Å². The van der Waals surface area contributed by atoms with Crippen LogP contribution in [0.4, 0.5) is 5.69 Å². The van der Waals surface area contributed by atoms with Crippen molar-refractivity contribution in [2.45, 2.75) is 31.2 Å². The normalized spacial score (nSPS) is 20.8. The Hall–Kier alpha value is -3.14. The largest absolute Gasteiger partial charge is 0.490 e. The van der Waals surface area contributed by atoms with Crippen LogP contribution in [0, 0.1) is 0 Å². The van der Waals surface area contributed by atoms with Crippen LogP contribution in [0.1, 0.15) is 23.5 Å². The van der Waals surface area contributed by atoms with Crippen LogP contribution >= 0.6 is 11.3 Å². The molecule has 0 spiro atoms. The lowest BCUT2D eigenvalue weighted by atomic mass is 9.85. The maximum Gasteiger partial charge on any atom is 0.142 e. The van der Waals surface area contributed by atoms with Gasteiger partial charge in [-0.1, -0.05) is 18.2 Å². The fraction of sp³-hybridized carbons (Fsp3) is 0.375. The SMILES string of the molecule is COCCCN1CCOc2ccc(CO[C@H]3CNC[C@@H](O)[C@@H]3c3ccc(Oc4ccc5ccsc5c4)cc3)cc21. The number of aliphatic hydroxyl groups excluding tert-OH is 1. The second-order valence-corrected chi connectivity index (χ2v) is 11.3. The van der Waals surface area contributed by atoms with E-state index in [9.17, 15) is 5.11 Å².